The van der Waals surface area contributed by atoms with Gasteiger partial charge < -0.3 is 26.2 Å². The third kappa shape index (κ3) is 6.19. The molecule has 1 fully saturated rings. The minimum atomic E-state index is -0.221. The summed E-state index contributed by atoms with van der Waals surface area (Å²) in [7, 11) is 0. The number of nitrogens with one attached hydrogen (secondary N) is 1. The van der Waals surface area contributed by atoms with E-state index in [1.165, 1.54) is 0 Å². The summed E-state index contributed by atoms with van der Waals surface area (Å²) in [5, 5.41) is 22.3. The fraction of sp³-hybridized carbons (Fsp3) is 1.00. The van der Waals surface area contributed by atoms with Crippen LogP contribution in [0.3, 0.4) is 0 Å². The van der Waals surface area contributed by atoms with E-state index in [0.29, 0.717) is 31.0 Å². The van der Waals surface area contributed by atoms with E-state index >= 15 is 0 Å². The smallest absolute Gasteiger partial charge is 0.0566 e. The molecule has 0 saturated carbocycles. The van der Waals surface area contributed by atoms with Crippen LogP contribution < -0.4 is 11.1 Å². The highest BCUT2D eigenvalue weighted by Gasteiger charge is 2.28. The predicted octanol–water partition coefficient (Wildman–Crippen LogP) is -0.375. The van der Waals surface area contributed by atoms with Gasteiger partial charge in [0.1, 0.15) is 0 Å². The number of piperidine rings is 1. The van der Waals surface area contributed by atoms with E-state index in [-0.39, 0.29) is 12.7 Å². The molecule has 3 unspecified atom stereocenters. The second-order valence-electron chi connectivity index (χ2n) is 6.07. The van der Waals surface area contributed by atoms with Crippen molar-refractivity contribution in [3.8, 4) is 0 Å². The van der Waals surface area contributed by atoms with E-state index in [1.54, 1.807) is 0 Å². The van der Waals surface area contributed by atoms with Crippen LogP contribution in [0, 0.1) is 11.8 Å². The molecule has 5 nitrogen and oxygen atoms in total. The van der Waals surface area contributed by atoms with Crippen molar-refractivity contribution in [3.05, 3.63) is 0 Å². The van der Waals surface area contributed by atoms with Crippen LogP contribution in [-0.4, -0.2) is 66.6 Å². The molecule has 1 heterocycles. The molecule has 0 aromatic rings. The van der Waals surface area contributed by atoms with Gasteiger partial charge in [0, 0.05) is 38.8 Å². The molecule has 19 heavy (non-hydrogen) atoms. The first-order valence-electron chi connectivity index (χ1n) is 7.51. The highest BCUT2D eigenvalue weighted by molar-refractivity contribution is 4.85. The van der Waals surface area contributed by atoms with Crippen molar-refractivity contribution >= 4 is 0 Å². The Kier molecular flexibility index (Phi) is 7.87. The molecule has 3 atom stereocenters. The fourth-order valence-electron chi connectivity index (χ4n) is 2.87. The average Bonchev–Trinajstić information content (AvgIpc) is 2.36. The summed E-state index contributed by atoms with van der Waals surface area (Å²) >= 11 is 0. The van der Waals surface area contributed by atoms with Gasteiger partial charge in [0.25, 0.3) is 0 Å². The number of hydrogen-bond donors (Lipinski definition) is 4. The van der Waals surface area contributed by atoms with Crippen LogP contribution in [-0.2, 0) is 0 Å². The molecule has 0 aromatic heterocycles. The summed E-state index contributed by atoms with van der Waals surface area (Å²) in [6, 6.07) is 0.400. The average molecular weight is 273 g/mol. The summed E-state index contributed by atoms with van der Waals surface area (Å²) in [6.07, 6.45) is 1.71. The number of rotatable bonds is 8. The van der Waals surface area contributed by atoms with Crippen molar-refractivity contribution < 1.29 is 10.2 Å². The van der Waals surface area contributed by atoms with E-state index < -0.39 is 0 Å². The Hall–Kier alpha value is -0.200. The standard InChI is InChI=1S/C14H31N3O2/c1-11(2)14(19)8-12-7-13(16-4-6-18)10-17(9-12)5-3-15/h11-14,16,18-19H,3-10,15H2,1-2H3. The second-order valence-corrected chi connectivity index (χ2v) is 6.07. The van der Waals surface area contributed by atoms with Gasteiger partial charge in [-0.2, -0.15) is 0 Å². The first-order chi connectivity index (χ1) is 9.06. The Morgan fingerprint density at radius 3 is 2.68 bits per heavy atom. The Balaban J connectivity index is 2.49. The summed E-state index contributed by atoms with van der Waals surface area (Å²) in [5.74, 6) is 0.822. The minimum Gasteiger partial charge on any atom is -0.395 e. The SMILES string of the molecule is CC(C)C(O)CC1CC(NCCO)CN(CCN)C1. The summed E-state index contributed by atoms with van der Waals surface area (Å²) in [4.78, 5) is 2.37. The number of nitrogens with zero attached hydrogens (tertiary/aromatic N) is 1. The van der Waals surface area contributed by atoms with Crippen molar-refractivity contribution in [2.24, 2.45) is 17.6 Å². The van der Waals surface area contributed by atoms with Crippen LogP contribution >= 0.6 is 0 Å². The van der Waals surface area contributed by atoms with Gasteiger partial charge in [0.2, 0.25) is 0 Å². The van der Waals surface area contributed by atoms with E-state index in [9.17, 15) is 5.11 Å². The van der Waals surface area contributed by atoms with Crippen molar-refractivity contribution in [1.82, 2.24) is 10.2 Å². The van der Waals surface area contributed by atoms with Gasteiger partial charge in [0.05, 0.1) is 12.7 Å². The lowest BCUT2D eigenvalue weighted by molar-refractivity contribution is 0.0619. The van der Waals surface area contributed by atoms with Gasteiger partial charge in [-0.3, -0.25) is 0 Å². The highest BCUT2D eigenvalue weighted by atomic mass is 16.3. The molecular weight excluding hydrogens is 242 g/mol. The molecule has 1 aliphatic heterocycles. The maximum absolute atomic E-state index is 10.1. The van der Waals surface area contributed by atoms with E-state index in [1.807, 2.05) is 0 Å². The van der Waals surface area contributed by atoms with Crippen LogP contribution in [0.4, 0.5) is 0 Å². The molecule has 0 radical (unpaired) electrons. The minimum absolute atomic E-state index is 0.173. The largest absolute Gasteiger partial charge is 0.395 e. The normalized spacial score (nSPS) is 26.8. The van der Waals surface area contributed by atoms with Crippen molar-refractivity contribution in [3.63, 3.8) is 0 Å². The molecule has 0 amide bonds. The summed E-state index contributed by atoms with van der Waals surface area (Å²) in [6.45, 7) is 8.54. The molecule has 1 saturated heterocycles. The molecular formula is C14H31N3O2. The quantitative estimate of drug-likeness (QED) is 0.485. The Morgan fingerprint density at radius 1 is 1.37 bits per heavy atom. The molecule has 0 aliphatic carbocycles. The monoisotopic (exact) mass is 273 g/mol. The van der Waals surface area contributed by atoms with Crippen LogP contribution in [0.1, 0.15) is 26.7 Å². The lowest BCUT2D eigenvalue weighted by Crippen LogP contribution is -2.51. The summed E-state index contributed by atoms with van der Waals surface area (Å²) in [5.41, 5.74) is 5.65. The predicted molar refractivity (Wildman–Crippen MR) is 77.9 cm³/mol. The first-order valence-corrected chi connectivity index (χ1v) is 7.51. The van der Waals surface area contributed by atoms with Gasteiger partial charge in [-0.1, -0.05) is 13.8 Å². The maximum Gasteiger partial charge on any atom is 0.0566 e. The molecule has 5 heteroatoms. The zero-order chi connectivity index (χ0) is 14.3. The Bertz CT molecular complexity index is 239. The van der Waals surface area contributed by atoms with Gasteiger partial charge in [0.15, 0.2) is 0 Å². The third-order valence-corrected chi connectivity index (χ3v) is 3.95. The molecule has 0 bridgehead atoms. The van der Waals surface area contributed by atoms with Gasteiger partial charge in [-0.25, -0.2) is 0 Å². The molecule has 0 spiro atoms. The first kappa shape index (κ1) is 16.9. The number of likely N-dealkylation sites (tertiary alicyclic amines) is 1. The topological polar surface area (TPSA) is 81.8 Å². The van der Waals surface area contributed by atoms with E-state index in [0.717, 1.165) is 32.5 Å². The molecule has 114 valence electrons. The van der Waals surface area contributed by atoms with Crippen LogP contribution in [0.15, 0.2) is 0 Å². The zero-order valence-corrected chi connectivity index (χ0v) is 12.4. The molecule has 1 rings (SSSR count). The van der Waals surface area contributed by atoms with Gasteiger partial charge in [-0.05, 0) is 24.7 Å². The maximum atomic E-state index is 10.1. The number of nitrogens with two attached hydrogens (primary N) is 1. The third-order valence-electron chi connectivity index (χ3n) is 3.95. The Labute approximate surface area is 117 Å². The second kappa shape index (κ2) is 8.87. The number of aliphatic hydroxyl groups is 2. The van der Waals surface area contributed by atoms with Gasteiger partial charge >= 0.3 is 0 Å². The number of hydrogen-bond acceptors (Lipinski definition) is 5. The molecule has 1 aliphatic rings. The highest BCUT2D eigenvalue weighted by Crippen LogP contribution is 2.23. The molecule has 5 N–H and O–H groups in total. The summed E-state index contributed by atoms with van der Waals surface area (Å²) < 4.78 is 0. The van der Waals surface area contributed by atoms with E-state index in [4.69, 9.17) is 10.8 Å². The van der Waals surface area contributed by atoms with Gasteiger partial charge in [-0.15, -0.1) is 0 Å². The zero-order valence-electron chi connectivity index (χ0n) is 12.4. The Morgan fingerprint density at radius 2 is 2.11 bits per heavy atom. The van der Waals surface area contributed by atoms with Crippen molar-refractivity contribution in [2.45, 2.75) is 38.8 Å². The lowest BCUT2D eigenvalue weighted by atomic mass is 9.86. The fourth-order valence-corrected chi connectivity index (χ4v) is 2.87. The number of aliphatic hydroxyl groups excluding tert-OH is 2. The lowest BCUT2D eigenvalue weighted by Gasteiger charge is -2.39. The van der Waals surface area contributed by atoms with Crippen molar-refractivity contribution in [2.75, 3.05) is 39.3 Å². The van der Waals surface area contributed by atoms with Crippen LogP contribution in [0.5, 0.6) is 0 Å². The van der Waals surface area contributed by atoms with Crippen LogP contribution in [0.2, 0.25) is 0 Å². The van der Waals surface area contributed by atoms with Crippen LogP contribution in [0.25, 0.3) is 0 Å². The van der Waals surface area contributed by atoms with Crippen molar-refractivity contribution in [1.29, 1.82) is 0 Å². The van der Waals surface area contributed by atoms with E-state index in [2.05, 4.69) is 24.1 Å². The molecule has 0 aromatic carbocycles.